The highest BCUT2D eigenvalue weighted by Gasteiger charge is 2.30. The molecule has 0 aromatic heterocycles. The normalized spacial score (nSPS) is 11.6. The maximum absolute atomic E-state index is 12.8. The van der Waals surface area contributed by atoms with E-state index in [9.17, 15) is 18.0 Å². The second kappa shape index (κ2) is 5.30. The van der Waals surface area contributed by atoms with Crippen LogP contribution in [-0.2, 0) is 6.18 Å². The summed E-state index contributed by atoms with van der Waals surface area (Å²) in [5.74, 6) is -0.203. The fourth-order valence-corrected chi connectivity index (χ4v) is 2.40. The fourth-order valence-electron chi connectivity index (χ4n) is 2.40. The molecule has 0 amide bonds. The van der Waals surface area contributed by atoms with Crippen molar-refractivity contribution in [2.24, 2.45) is 0 Å². The molecule has 3 aromatic carbocycles. The highest BCUT2D eigenvalue weighted by Crippen LogP contribution is 2.32. The molecule has 0 bridgehead atoms. The van der Waals surface area contributed by atoms with Crippen LogP contribution in [0.15, 0.2) is 66.7 Å². The molecule has 1 nitrogen and oxygen atoms in total. The minimum atomic E-state index is -4.40. The van der Waals surface area contributed by atoms with Crippen molar-refractivity contribution in [1.82, 2.24) is 0 Å². The fraction of sp³-hybridized carbons (Fsp3) is 0.0556. The molecule has 4 heteroatoms. The third-order valence-corrected chi connectivity index (χ3v) is 3.49. The SMILES string of the molecule is O=C(c1ccccc1)c1cccc2cc(C(F)(F)F)ccc12. The molecule has 3 rings (SSSR count). The first-order valence-electron chi connectivity index (χ1n) is 6.66. The number of halogens is 3. The zero-order valence-electron chi connectivity index (χ0n) is 11.4. The molecular formula is C18H11F3O. The van der Waals surface area contributed by atoms with Gasteiger partial charge in [-0.1, -0.05) is 54.6 Å². The molecule has 0 aliphatic carbocycles. The molecule has 0 radical (unpaired) electrons. The van der Waals surface area contributed by atoms with Crippen molar-refractivity contribution in [3.63, 3.8) is 0 Å². The van der Waals surface area contributed by atoms with Crippen molar-refractivity contribution in [1.29, 1.82) is 0 Å². The summed E-state index contributed by atoms with van der Waals surface area (Å²) >= 11 is 0. The smallest absolute Gasteiger partial charge is 0.289 e. The third kappa shape index (κ3) is 2.60. The molecule has 0 N–H and O–H groups in total. The Balaban J connectivity index is 2.14. The van der Waals surface area contributed by atoms with Crippen molar-refractivity contribution >= 4 is 16.6 Å². The number of benzene rings is 3. The molecule has 0 aliphatic rings. The van der Waals surface area contributed by atoms with Crippen LogP contribution in [0.3, 0.4) is 0 Å². The maximum Gasteiger partial charge on any atom is 0.416 e. The summed E-state index contributed by atoms with van der Waals surface area (Å²) in [5, 5.41) is 0.918. The van der Waals surface area contributed by atoms with E-state index in [1.165, 1.54) is 6.07 Å². The lowest BCUT2D eigenvalue weighted by Crippen LogP contribution is -2.05. The van der Waals surface area contributed by atoms with Gasteiger partial charge in [-0.3, -0.25) is 4.79 Å². The largest absolute Gasteiger partial charge is 0.416 e. The predicted octanol–water partition coefficient (Wildman–Crippen LogP) is 5.09. The first-order valence-corrected chi connectivity index (χ1v) is 6.66. The van der Waals surface area contributed by atoms with Crippen LogP contribution in [0, 0.1) is 0 Å². The molecule has 0 aliphatic heterocycles. The Labute approximate surface area is 125 Å². The Hall–Kier alpha value is -2.62. The number of alkyl halides is 3. The van der Waals surface area contributed by atoms with Gasteiger partial charge in [0.1, 0.15) is 0 Å². The van der Waals surface area contributed by atoms with Crippen molar-refractivity contribution in [3.8, 4) is 0 Å². The molecule has 3 aromatic rings. The van der Waals surface area contributed by atoms with Crippen molar-refractivity contribution < 1.29 is 18.0 Å². The van der Waals surface area contributed by atoms with Gasteiger partial charge in [-0.25, -0.2) is 0 Å². The van der Waals surface area contributed by atoms with Crippen LogP contribution < -0.4 is 0 Å². The van der Waals surface area contributed by atoms with Crippen LogP contribution in [0.2, 0.25) is 0 Å². The lowest BCUT2D eigenvalue weighted by Gasteiger charge is -2.10. The number of fused-ring (bicyclic) bond motifs is 1. The average Bonchev–Trinajstić information content (AvgIpc) is 2.53. The Morgan fingerprint density at radius 2 is 1.55 bits per heavy atom. The van der Waals surface area contributed by atoms with Crippen molar-refractivity contribution in [2.45, 2.75) is 6.18 Å². The van der Waals surface area contributed by atoms with E-state index in [4.69, 9.17) is 0 Å². The monoisotopic (exact) mass is 300 g/mol. The number of ketones is 1. The van der Waals surface area contributed by atoms with E-state index >= 15 is 0 Å². The van der Waals surface area contributed by atoms with Gasteiger partial charge in [-0.05, 0) is 22.9 Å². The van der Waals surface area contributed by atoms with Gasteiger partial charge >= 0.3 is 6.18 Å². The summed E-state index contributed by atoms with van der Waals surface area (Å²) in [4.78, 5) is 12.5. The Morgan fingerprint density at radius 1 is 0.818 bits per heavy atom. The van der Waals surface area contributed by atoms with Gasteiger partial charge in [-0.2, -0.15) is 13.2 Å². The topological polar surface area (TPSA) is 17.1 Å². The molecule has 0 saturated heterocycles. The maximum atomic E-state index is 12.8. The van der Waals surface area contributed by atoms with Crippen molar-refractivity contribution in [2.75, 3.05) is 0 Å². The van der Waals surface area contributed by atoms with Crippen LogP contribution in [0.25, 0.3) is 10.8 Å². The summed E-state index contributed by atoms with van der Waals surface area (Å²) in [6.45, 7) is 0. The van der Waals surface area contributed by atoms with E-state index < -0.39 is 11.7 Å². The van der Waals surface area contributed by atoms with E-state index in [0.29, 0.717) is 21.9 Å². The number of rotatable bonds is 2. The van der Waals surface area contributed by atoms with E-state index in [2.05, 4.69) is 0 Å². The molecule has 0 fully saturated rings. The Kier molecular flexibility index (Phi) is 3.45. The quantitative estimate of drug-likeness (QED) is 0.602. The van der Waals surface area contributed by atoms with Crippen LogP contribution in [0.5, 0.6) is 0 Å². The van der Waals surface area contributed by atoms with Crippen LogP contribution in [-0.4, -0.2) is 5.78 Å². The van der Waals surface area contributed by atoms with Gasteiger partial charge in [0.05, 0.1) is 5.56 Å². The number of hydrogen-bond acceptors (Lipinski definition) is 1. The molecule has 0 heterocycles. The van der Waals surface area contributed by atoms with Gasteiger partial charge in [0.15, 0.2) is 5.78 Å². The first-order chi connectivity index (χ1) is 10.5. The van der Waals surface area contributed by atoms with Crippen LogP contribution in [0.1, 0.15) is 21.5 Å². The van der Waals surface area contributed by atoms with Gasteiger partial charge in [-0.15, -0.1) is 0 Å². The van der Waals surface area contributed by atoms with Gasteiger partial charge in [0.2, 0.25) is 0 Å². The highest BCUT2D eigenvalue weighted by atomic mass is 19.4. The third-order valence-electron chi connectivity index (χ3n) is 3.49. The van der Waals surface area contributed by atoms with Crippen LogP contribution in [0.4, 0.5) is 13.2 Å². The Morgan fingerprint density at radius 3 is 2.23 bits per heavy atom. The van der Waals surface area contributed by atoms with Crippen LogP contribution >= 0.6 is 0 Å². The molecule has 110 valence electrons. The highest BCUT2D eigenvalue weighted by molar-refractivity contribution is 6.16. The molecule has 0 saturated carbocycles. The lowest BCUT2D eigenvalue weighted by molar-refractivity contribution is -0.137. The molecule has 22 heavy (non-hydrogen) atoms. The molecular weight excluding hydrogens is 289 g/mol. The zero-order chi connectivity index (χ0) is 15.7. The number of carbonyl (C=O) groups excluding carboxylic acids is 1. The summed E-state index contributed by atoms with van der Waals surface area (Å²) in [6.07, 6.45) is -4.40. The van der Waals surface area contributed by atoms with E-state index in [0.717, 1.165) is 12.1 Å². The standard InChI is InChI=1S/C18H11F3O/c19-18(20,21)14-9-10-15-13(11-14)7-4-8-16(15)17(22)12-5-2-1-3-6-12/h1-11H. The van der Waals surface area contributed by atoms with E-state index in [1.54, 1.807) is 48.5 Å². The van der Waals surface area contributed by atoms with Gasteiger partial charge in [0.25, 0.3) is 0 Å². The minimum absolute atomic E-state index is 0.203. The summed E-state index contributed by atoms with van der Waals surface area (Å²) in [5.41, 5.74) is 0.191. The molecule has 0 spiro atoms. The second-order valence-corrected chi connectivity index (χ2v) is 4.93. The molecule has 0 atom stereocenters. The predicted molar refractivity (Wildman–Crippen MR) is 78.8 cm³/mol. The van der Waals surface area contributed by atoms with E-state index in [-0.39, 0.29) is 5.78 Å². The zero-order valence-corrected chi connectivity index (χ0v) is 11.4. The number of hydrogen-bond donors (Lipinski definition) is 0. The summed E-state index contributed by atoms with van der Waals surface area (Å²) < 4.78 is 38.3. The average molecular weight is 300 g/mol. The second-order valence-electron chi connectivity index (χ2n) is 4.93. The van der Waals surface area contributed by atoms with E-state index in [1.807, 2.05) is 0 Å². The summed E-state index contributed by atoms with van der Waals surface area (Å²) in [6, 6.07) is 16.9. The number of carbonyl (C=O) groups is 1. The van der Waals surface area contributed by atoms with Gasteiger partial charge < -0.3 is 0 Å². The summed E-state index contributed by atoms with van der Waals surface area (Å²) in [7, 11) is 0. The van der Waals surface area contributed by atoms with Gasteiger partial charge in [0, 0.05) is 11.1 Å². The Bertz CT molecular complexity index is 836. The lowest BCUT2D eigenvalue weighted by atomic mass is 9.96. The first kappa shape index (κ1) is 14.3. The minimum Gasteiger partial charge on any atom is -0.289 e. The molecule has 0 unspecified atom stereocenters. The van der Waals surface area contributed by atoms with Crippen molar-refractivity contribution in [3.05, 3.63) is 83.4 Å².